The SMILES string of the molecule is C[C@@H]1Cc2c(ccc3n[nH]c(F)c23)[C@@H](c2ccc(NC3CN(CCCF)C3)cn2)N1CC(F)(F)CO. The minimum Gasteiger partial charge on any atom is -0.390 e. The van der Waals surface area contributed by atoms with Crippen molar-refractivity contribution in [1.29, 1.82) is 0 Å². The molecule has 0 radical (unpaired) electrons. The Balaban J connectivity index is 1.44. The van der Waals surface area contributed by atoms with Crippen LogP contribution in [0.2, 0.25) is 0 Å². The highest BCUT2D eigenvalue weighted by Crippen LogP contribution is 2.41. The largest absolute Gasteiger partial charge is 0.390 e. The second-order valence-electron chi connectivity index (χ2n) is 9.82. The van der Waals surface area contributed by atoms with Gasteiger partial charge in [0.25, 0.3) is 5.92 Å². The number of aliphatic hydroxyl groups is 1. The van der Waals surface area contributed by atoms with E-state index in [-0.39, 0.29) is 18.8 Å². The van der Waals surface area contributed by atoms with Crippen molar-refractivity contribution in [2.75, 3.05) is 44.8 Å². The van der Waals surface area contributed by atoms with Crippen molar-refractivity contribution in [3.63, 3.8) is 0 Å². The van der Waals surface area contributed by atoms with Crippen LogP contribution in [-0.2, 0) is 6.42 Å². The lowest BCUT2D eigenvalue weighted by atomic mass is 9.84. The fourth-order valence-corrected chi connectivity index (χ4v) is 5.39. The molecule has 5 rings (SSSR count). The molecule has 1 aromatic carbocycles. The number of aromatic nitrogens is 3. The molecule has 2 aliphatic rings. The van der Waals surface area contributed by atoms with E-state index in [1.807, 2.05) is 13.0 Å². The standard InChI is InChI=1S/C25H30F4N6O/c1-15-9-19-18(4-6-20-22(19)24(27)33-32-20)23(35(15)13-25(28,29)14-36)21-5-3-16(10-30-21)31-17-11-34(12-17)8-2-7-26/h3-6,10,15,17,23,31,36H,2,7-9,11-14H2,1H3,(H,32,33)/t15-,23+/m1/s1. The van der Waals surface area contributed by atoms with Crippen molar-refractivity contribution in [3.8, 4) is 0 Å². The molecule has 0 saturated carbocycles. The average molecular weight is 507 g/mol. The maximum Gasteiger partial charge on any atom is 0.283 e. The minimum absolute atomic E-state index is 0.241. The molecule has 4 heterocycles. The molecule has 0 unspecified atom stereocenters. The van der Waals surface area contributed by atoms with Gasteiger partial charge in [-0.05, 0) is 49.1 Å². The molecular weight excluding hydrogens is 476 g/mol. The van der Waals surface area contributed by atoms with Crippen LogP contribution in [0.15, 0.2) is 30.5 Å². The van der Waals surface area contributed by atoms with Gasteiger partial charge in [0.15, 0.2) is 0 Å². The zero-order chi connectivity index (χ0) is 25.4. The molecular formula is C25H30F4N6O. The van der Waals surface area contributed by atoms with Gasteiger partial charge in [-0.3, -0.25) is 24.3 Å². The van der Waals surface area contributed by atoms with E-state index in [1.165, 1.54) is 0 Å². The summed E-state index contributed by atoms with van der Waals surface area (Å²) in [6, 6.07) is 6.38. The van der Waals surface area contributed by atoms with E-state index in [4.69, 9.17) is 0 Å². The third-order valence-corrected chi connectivity index (χ3v) is 7.16. The number of aromatic amines is 1. The van der Waals surface area contributed by atoms with Crippen LogP contribution in [0, 0.1) is 5.95 Å². The van der Waals surface area contributed by atoms with Crippen molar-refractivity contribution < 1.29 is 22.7 Å². The molecule has 194 valence electrons. The number of alkyl halides is 3. The second kappa shape index (κ2) is 9.95. The number of aliphatic hydroxyl groups excluding tert-OH is 1. The summed E-state index contributed by atoms with van der Waals surface area (Å²) in [6.45, 7) is 1.98. The third-order valence-electron chi connectivity index (χ3n) is 7.16. The number of pyridine rings is 1. The van der Waals surface area contributed by atoms with Gasteiger partial charge in [0, 0.05) is 25.7 Å². The molecule has 7 nitrogen and oxygen atoms in total. The Kier molecular flexibility index (Phi) is 6.88. The highest BCUT2D eigenvalue weighted by molar-refractivity contribution is 5.84. The zero-order valence-corrected chi connectivity index (χ0v) is 20.0. The van der Waals surface area contributed by atoms with E-state index in [2.05, 4.69) is 25.4 Å². The molecule has 2 aromatic heterocycles. The van der Waals surface area contributed by atoms with E-state index < -0.39 is 31.1 Å². The topological polar surface area (TPSA) is 80.3 Å². The molecule has 0 aliphatic carbocycles. The van der Waals surface area contributed by atoms with E-state index >= 15 is 0 Å². The number of nitrogens with zero attached hydrogens (tertiary/aromatic N) is 4. The summed E-state index contributed by atoms with van der Waals surface area (Å²) in [6.07, 6.45) is 2.57. The first-order chi connectivity index (χ1) is 17.3. The van der Waals surface area contributed by atoms with E-state index in [1.54, 1.807) is 29.3 Å². The predicted octanol–water partition coefficient (Wildman–Crippen LogP) is 3.52. The smallest absolute Gasteiger partial charge is 0.283 e. The molecule has 36 heavy (non-hydrogen) atoms. The van der Waals surface area contributed by atoms with Crippen LogP contribution in [0.4, 0.5) is 23.2 Å². The lowest BCUT2D eigenvalue weighted by Crippen LogP contribution is -2.54. The first kappa shape index (κ1) is 24.9. The monoisotopic (exact) mass is 506 g/mol. The van der Waals surface area contributed by atoms with Crippen LogP contribution in [-0.4, -0.2) is 87.6 Å². The highest BCUT2D eigenvalue weighted by Gasteiger charge is 2.41. The zero-order valence-electron chi connectivity index (χ0n) is 20.0. The number of halogens is 4. The Morgan fingerprint density at radius 1 is 1.22 bits per heavy atom. The molecule has 0 spiro atoms. The maximum atomic E-state index is 14.6. The predicted molar refractivity (Wildman–Crippen MR) is 128 cm³/mol. The number of H-pyrrole nitrogens is 1. The lowest BCUT2D eigenvalue weighted by molar-refractivity contribution is -0.0864. The average Bonchev–Trinajstić information content (AvgIpc) is 3.22. The normalized spacial score (nSPS) is 21.5. The van der Waals surface area contributed by atoms with Gasteiger partial charge in [0.1, 0.15) is 6.61 Å². The van der Waals surface area contributed by atoms with Crippen LogP contribution >= 0.6 is 0 Å². The van der Waals surface area contributed by atoms with Crippen LogP contribution < -0.4 is 5.32 Å². The van der Waals surface area contributed by atoms with Gasteiger partial charge in [-0.1, -0.05) is 6.07 Å². The van der Waals surface area contributed by atoms with Gasteiger partial charge in [0.2, 0.25) is 5.95 Å². The Morgan fingerprint density at radius 2 is 2.03 bits per heavy atom. The quantitative estimate of drug-likeness (QED) is 0.386. The summed E-state index contributed by atoms with van der Waals surface area (Å²) >= 11 is 0. The number of rotatable bonds is 9. The molecule has 2 atom stereocenters. The Morgan fingerprint density at radius 3 is 2.72 bits per heavy atom. The van der Waals surface area contributed by atoms with Crippen LogP contribution in [0.5, 0.6) is 0 Å². The molecule has 1 fully saturated rings. The molecule has 3 aromatic rings. The fraction of sp³-hybridized carbons (Fsp3) is 0.520. The maximum absolute atomic E-state index is 14.6. The molecule has 0 amide bonds. The Labute approximate surface area is 206 Å². The second-order valence-corrected chi connectivity index (χ2v) is 9.82. The van der Waals surface area contributed by atoms with E-state index in [9.17, 15) is 22.7 Å². The Hall–Kier alpha value is -2.76. The number of fused-ring (bicyclic) bond motifs is 3. The summed E-state index contributed by atoms with van der Waals surface area (Å²) in [7, 11) is 0. The molecule has 1 saturated heterocycles. The van der Waals surface area contributed by atoms with Gasteiger partial charge < -0.3 is 10.4 Å². The number of hydrogen-bond donors (Lipinski definition) is 3. The summed E-state index contributed by atoms with van der Waals surface area (Å²) in [5.74, 6) is -3.84. The number of nitrogens with one attached hydrogen (secondary N) is 2. The van der Waals surface area contributed by atoms with Gasteiger partial charge in [0.05, 0.1) is 53.8 Å². The van der Waals surface area contributed by atoms with Crippen LogP contribution in [0.1, 0.15) is 36.2 Å². The molecule has 0 bridgehead atoms. The minimum atomic E-state index is -3.30. The molecule has 11 heteroatoms. The molecule has 3 N–H and O–H groups in total. The van der Waals surface area contributed by atoms with Crippen molar-refractivity contribution >= 4 is 16.6 Å². The van der Waals surface area contributed by atoms with E-state index in [0.29, 0.717) is 35.0 Å². The first-order valence-corrected chi connectivity index (χ1v) is 12.2. The summed E-state index contributed by atoms with van der Waals surface area (Å²) in [5.41, 5.74) is 3.28. The number of likely N-dealkylation sites (tertiary alicyclic amines) is 1. The van der Waals surface area contributed by atoms with Crippen molar-refractivity contribution in [3.05, 3.63) is 53.2 Å². The Bertz CT molecular complexity index is 1200. The van der Waals surface area contributed by atoms with Gasteiger partial charge >= 0.3 is 0 Å². The fourth-order valence-electron chi connectivity index (χ4n) is 5.39. The summed E-state index contributed by atoms with van der Waals surface area (Å²) < 4.78 is 55.7. The van der Waals surface area contributed by atoms with Crippen LogP contribution in [0.25, 0.3) is 10.9 Å². The van der Waals surface area contributed by atoms with Gasteiger partial charge in [-0.2, -0.15) is 9.49 Å². The van der Waals surface area contributed by atoms with Crippen LogP contribution in [0.3, 0.4) is 0 Å². The van der Waals surface area contributed by atoms with Crippen molar-refractivity contribution in [1.82, 2.24) is 25.0 Å². The lowest BCUT2D eigenvalue weighted by Gasteiger charge is -2.43. The first-order valence-electron chi connectivity index (χ1n) is 12.2. The van der Waals surface area contributed by atoms with Gasteiger partial charge in [-0.25, -0.2) is 8.78 Å². The van der Waals surface area contributed by atoms with Crippen molar-refractivity contribution in [2.45, 2.75) is 43.8 Å². The highest BCUT2D eigenvalue weighted by atomic mass is 19.3. The number of hydrogen-bond acceptors (Lipinski definition) is 6. The summed E-state index contributed by atoms with van der Waals surface area (Å²) in [5, 5.41) is 19.4. The number of benzene rings is 1. The summed E-state index contributed by atoms with van der Waals surface area (Å²) in [4.78, 5) is 8.43. The van der Waals surface area contributed by atoms with E-state index in [0.717, 1.165) is 30.9 Å². The third kappa shape index (κ3) is 4.79. The number of anilines is 1. The van der Waals surface area contributed by atoms with Gasteiger partial charge in [-0.15, -0.1) is 0 Å². The molecule has 2 aliphatic heterocycles. The van der Waals surface area contributed by atoms with Crippen molar-refractivity contribution in [2.24, 2.45) is 0 Å².